The Bertz CT molecular complexity index is 328. The van der Waals surface area contributed by atoms with E-state index in [9.17, 15) is 9.59 Å². The van der Waals surface area contributed by atoms with Crippen molar-refractivity contribution in [2.45, 2.75) is 52.2 Å². The van der Waals surface area contributed by atoms with Crippen molar-refractivity contribution >= 4 is 11.9 Å². The molecule has 2 unspecified atom stereocenters. The van der Waals surface area contributed by atoms with Gasteiger partial charge in [-0.1, -0.05) is 0 Å². The molecule has 1 aliphatic heterocycles. The molecule has 0 spiro atoms. The summed E-state index contributed by atoms with van der Waals surface area (Å²) >= 11 is 0. The number of rotatable bonds is 2. The second-order valence-electron chi connectivity index (χ2n) is 6.42. The number of hydrogen-bond acceptors (Lipinski definition) is 4. The molecule has 0 aromatic rings. The van der Waals surface area contributed by atoms with Gasteiger partial charge >= 0.3 is 6.03 Å². The van der Waals surface area contributed by atoms with E-state index in [4.69, 9.17) is 0 Å². The molecule has 0 aliphatic carbocycles. The molecular formula is C13H26N4O2. The lowest BCUT2D eigenvalue weighted by Gasteiger charge is -2.35. The largest absolute Gasteiger partial charge is 0.333 e. The zero-order chi connectivity index (χ0) is 14.6. The highest BCUT2D eigenvalue weighted by Gasteiger charge is 2.23. The Morgan fingerprint density at radius 1 is 1.21 bits per heavy atom. The number of nitrogens with one attached hydrogen (secondary N) is 3. The van der Waals surface area contributed by atoms with Crippen molar-refractivity contribution in [3.05, 3.63) is 0 Å². The number of carbonyl (C=O) groups excluding carboxylic acids is 2. The minimum Gasteiger partial charge on any atom is -0.333 e. The lowest BCUT2D eigenvalue weighted by Crippen LogP contribution is -2.57. The number of piperazine rings is 1. The lowest BCUT2D eigenvalue weighted by atomic mass is 10.1. The number of carbonyl (C=O) groups is 2. The van der Waals surface area contributed by atoms with Crippen LogP contribution < -0.4 is 16.0 Å². The first-order valence-electron chi connectivity index (χ1n) is 6.76. The molecule has 0 saturated carbocycles. The predicted octanol–water partition coefficient (Wildman–Crippen LogP) is 0.293. The number of urea groups is 1. The van der Waals surface area contributed by atoms with Crippen LogP contribution >= 0.6 is 0 Å². The van der Waals surface area contributed by atoms with E-state index in [1.807, 2.05) is 20.8 Å². The van der Waals surface area contributed by atoms with Crippen LogP contribution in [0, 0.1) is 0 Å². The van der Waals surface area contributed by atoms with E-state index in [0.29, 0.717) is 12.1 Å². The third-order valence-electron chi connectivity index (χ3n) is 2.74. The fraction of sp³-hybridized carbons (Fsp3) is 0.846. The molecule has 1 aliphatic rings. The topological polar surface area (TPSA) is 73.5 Å². The number of imide groups is 1. The highest BCUT2D eigenvalue weighted by molar-refractivity contribution is 5.95. The van der Waals surface area contributed by atoms with E-state index in [1.54, 1.807) is 0 Å². The Morgan fingerprint density at radius 2 is 1.74 bits per heavy atom. The smallest absolute Gasteiger partial charge is 0.321 e. The van der Waals surface area contributed by atoms with Crippen molar-refractivity contribution in [3.8, 4) is 0 Å². The van der Waals surface area contributed by atoms with Gasteiger partial charge < -0.3 is 10.6 Å². The lowest BCUT2D eigenvalue weighted by molar-refractivity contribution is -0.121. The molecule has 6 nitrogen and oxygen atoms in total. The van der Waals surface area contributed by atoms with Gasteiger partial charge in [0, 0.05) is 30.7 Å². The van der Waals surface area contributed by atoms with E-state index >= 15 is 0 Å². The molecule has 0 aromatic heterocycles. The van der Waals surface area contributed by atoms with Gasteiger partial charge in [-0.3, -0.25) is 15.0 Å². The molecule has 19 heavy (non-hydrogen) atoms. The summed E-state index contributed by atoms with van der Waals surface area (Å²) in [5.74, 6) is -0.261. The SMILES string of the molecule is CC1CN(CC(=O)NC(=O)NC(C)(C)C)CC(C)N1. The van der Waals surface area contributed by atoms with E-state index < -0.39 is 6.03 Å². The third kappa shape index (κ3) is 6.54. The fourth-order valence-electron chi connectivity index (χ4n) is 2.31. The maximum atomic E-state index is 11.8. The molecule has 1 heterocycles. The second kappa shape index (κ2) is 6.34. The maximum Gasteiger partial charge on any atom is 0.321 e. The summed E-state index contributed by atoms with van der Waals surface area (Å²) in [6, 6.07) is 0.286. The van der Waals surface area contributed by atoms with E-state index in [0.717, 1.165) is 13.1 Å². The van der Waals surface area contributed by atoms with Crippen LogP contribution in [0.15, 0.2) is 0 Å². The molecule has 0 aromatic carbocycles. The van der Waals surface area contributed by atoms with Crippen LogP contribution in [0.3, 0.4) is 0 Å². The molecule has 3 N–H and O–H groups in total. The zero-order valence-electron chi connectivity index (χ0n) is 12.5. The normalized spacial score (nSPS) is 24.9. The Hall–Kier alpha value is -1.14. The van der Waals surface area contributed by atoms with Gasteiger partial charge in [0.15, 0.2) is 0 Å². The summed E-state index contributed by atoms with van der Waals surface area (Å²) in [5, 5.41) is 8.47. The number of amides is 3. The van der Waals surface area contributed by atoms with Crippen molar-refractivity contribution in [1.29, 1.82) is 0 Å². The van der Waals surface area contributed by atoms with Gasteiger partial charge in [-0.2, -0.15) is 0 Å². The quantitative estimate of drug-likeness (QED) is 0.674. The van der Waals surface area contributed by atoms with Crippen LogP contribution in [0.2, 0.25) is 0 Å². The summed E-state index contributed by atoms with van der Waals surface area (Å²) < 4.78 is 0. The number of hydrogen-bond donors (Lipinski definition) is 3. The monoisotopic (exact) mass is 270 g/mol. The highest BCUT2D eigenvalue weighted by atomic mass is 16.2. The summed E-state index contributed by atoms with van der Waals surface area (Å²) in [6.07, 6.45) is 0. The highest BCUT2D eigenvalue weighted by Crippen LogP contribution is 2.03. The average Bonchev–Trinajstić information content (AvgIpc) is 2.10. The molecule has 1 rings (SSSR count). The summed E-state index contributed by atoms with van der Waals surface area (Å²) in [5.41, 5.74) is -0.345. The van der Waals surface area contributed by atoms with Crippen LogP contribution in [0.25, 0.3) is 0 Å². The zero-order valence-corrected chi connectivity index (χ0v) is 12.5. The molecule has 0 bridgehead atoms. The van der Waals surface area contributed by atoms with E-state index in [2.05, 4.69) is 34.7 Å². The van der Waals surface area contributed by atoms with Crippen LogP contribution in [0.5, 0.6) is 0 Å². The summed E-state index contributed by atoms with van der Waals surface area (Å²) in [6.45, 7) is 11.7. The summed E-state index contributed by atoms with van der Waals surface area (Å²) in [7, 11) is 0. The van der Waals surface area contributed by atoms with Crippen LogP contribution in [-0.2, 0) is 4.79 Å². The molecule has 2 atom stereocenters. The van der Waals surface area contributed by atoms with Crippen molar-refractivity contribution < 1.29 is 9.59 Å². The molecule has 110 valence electrons. The van der Waals surface area contributed by atoms with Gasteiger partial charge in [-0.25, -0.2) is 4.79 Å². The van der Waals surface area contributed by atoms with Gasteiger partial charge in [-0.05, 0) is 34.6 Å². The average molecular weight is 270 g/mol. The van der Waals surface area contributed by atoms with Crippen LogP contribution in [-0.4, -0.2) is 54.1 Å². The first-order valence-corrected chi connectivity index (χ1v) is 6.76. The fourth-order valence-corrected chi connectivity index (χ4v) is 2.31. The minimum atomic E-state index is -0.436. The standard InChI is InChI=1S/C13H26N4O2/c1-9-6-17(7-10(2)14-9)8-11(18)15-12(19)16-13(3,4)5/h9-10,14H,6-8H2,1-5H3,(H2,15,16,18,19). The Balaban J connectivity index is 2.36. The Labute approximate surface area is 115 Å². The van der Waals surface area contributed by atoms with Crippen molar-refractivity contribution in [1.82, 2.24) is 20.9 Å². The Kier molecular flexibility index (Phi) is 5.31. The number of nitrogens with zero attached hydrogens (tertiary/aromatic N) is 1. The maximum absolute atomic E-state index is 11.8. The Morgan fingerprint density at radius 3 is 2.21 bits per heavy atom. The van der Waals surface area contributed by atoms with Gasteiger partial charge in [0.2, 0.25) is 5.91 Å². The minimum absolute atomic E-state index is 0.258. The molecule has 3 amide bonds. The summed E-state index contributed by atoms with van der Waals surface area (Å²) in [4.78, 5) is 25.4. The molecular weight excluding hydrogens is 244 g/mol. The van der Waals surface area contributed by atoms with E-state index in [1.165, 1.54) is 0 Å². The van der Waals surface area contributed by atoms with Crippen LogP contribution in [0.4, 0.5) is 4.79 Å². The molecule has 6 heteroatoms. The van der Waals surface area contributed by atoms with Gasteiger partial charge in [0.05, 0.1) is 6.54 Å². The van der Waals surface area contributed by atoms with Gasteiger partial charge in [-0.15, -0.1) is 0 Å². The van der Waals surface area contributed by atoms with Gasteiger partial charge in [0.1, 0.15) is 0 Å². The molecule has 1 saturated heterocycles. The molecule has 1 fully saturated rings. The van der Waals surface area contributed by atoms with Crippen molar-refractivity contribution in [3.63, 3.8) is 0 Å². The first-order chi connectivity index (χ1) is 8.65. The second-order valence-corrected chi connectivity index (χ2v) is 6.42. The van der Waals surface area contributed by atoms with E-state index in [-0.39, 0.29) is 18.0 Å². The molecule has 0 radical (unpaired) electrons. The predicted molar refractivity (Wildman–Crippen MR) is 74.9 cm³/mol. The third-order valence-corrected chi connectivity index (χ3v) is 2.74. The first kappa shape index (κ1) is 15.9. The van der Waals surface area contributed by atoms with Crippen molar-refractivity contribution in [2.75, 3.05) is 19.6 Å². The van der Waals surface area contributed by atoms with Crippen molar-refractivity contribution in [2.24, 2.45) is 0 Å². The van der Waals surface area contributed by atoms with Gasteiger partial charge in [0.25, 0.3) is 0 Å². The van der Waals surface area contributed by atoms with Crippen LogP contribution in [0.1, 0.15) is 34.6 Å².